The zero-order valence-corrected chi connectivity index (χ0v) is 10.3. The molecule has 1 aromatic heterocycles. The van der Waals surface area contributed by atoms with Gasteiger partial charge in [0.2, 0.25) is 11.0 Å². The standard InChI is InChI=1S/C8H11N3O3S2/c1-5-10-11-8(15-5)9-7(12)6-2-3-16(13,14)4-6/h6H,2-4H2,1H3,(H,9,11,12)/t6-/m0/s1. The number of hydrogen-bond acceptors (Lipinski definition) is 6. The van der Waals surface area contributed by atoms with Gasteiger partial charge in [-0.1, -0.05) is 11.3 Å². The van der Waals surface area contributed by atoms with Crippen LogP contribution in [0.5, 0.6) is 0 Å². The fourth-order valence-electron chi connectivity index (χ4n) is 1.56. The topological polar surface area (TPSA) is 89.0 Å². The Morgan fingerprint density at radius 1 is 1.50 bits per heavy atom. The zero-order chi connectivity index (χ0) is 11.8. The molecule has 0 radical (unpaired) electrons. The molecule has 0 bridgehead atoms. The number of rotatable bonds is 2. The van der Waals surface area contributed by atoms with E-state index in [4.69, 9.17) is 0 Å². The quantitative estimate of drug-likeness (QED) is 0.822. The van der Waals surface area contributed by atoms with Crippen molar-refractivity contribution in [1.29, 1.82) is 0 Å². The number of hydrogen-bond donors (Lipinski definition) is 1. The fourth-order valence-corrected chi connectivity index (χ4v) is 3.89. The van der Waals surface area contributed by atoms with Crippen molar-refractivity contribution in [3.63, 3.8) is 0 Å². The highest BCUT2D eigenvalue weighted by Crippen LogP contribution is 2.21. The second-order valence-corrected chi connectivity index (χ2v) is 7.13. The summed E-state index contributed by atoms with van der Waals surface area (Å²) in [5.74, 6) is -0.692. The molecule has 1 N–H and O–H groups in total. The Morgan fingerprint density at radius 2 is 2.25 bits per heavy atom. The Hall–Kier alpha value is -1.02. The lowest BCUT2D eigenvalue weighted by molar-refractivity contribution is -0.119. The van der Waals surface area contributed by atoms with Crippen LogP contribution in [0.2, 0.25) is 0 Å². The predicted molar refractivity (Wildman–Crippen MR) is 60.0 cm³/mol. The van der Waals surface area contributed by atoms with E-state index in [0.29, 0.717) is 11.6 Å². The molecule has 2 rings (SSSR count). The minimum atomic E-state index is -3.02. The van der Waals surface area contributed by atoms with Crippen molar-refractivity contribution in [2.75, 3.05) is 16.8 Å². The number of nitrogens with zero attached hydrogens (tertiary/aromatic N) is 2. The van der Waals surface area contributed by atoms with Gasteiger partial charge in [-0.15, -0.1) is 10.2 Å². The minimum Gasteiger partial charge on any atom is -0.300 e. The van der Waals surface area contributed by atoms with Crippen molar-refractivity contribution in [2.24, 2.45) is 5.92 Å². The number of nitrogens with one attached hydrogen (secondary N) is 1. The summed E-state index contributed by atoms with van der Waals surface area (Å²) in [4.78, 5) is 11.7. The lowest BCUT2D eigenvalue weighted by atomic mass is 10.1. The molecule has 0 aliphatic carbocycles. The molecule has 1 aromatic rings. The Labute approximate surface area is 97.0 Å². The number of aromatic nitrogens is 2. The average molecular weight is 261 g/mol. The van der Waals surface area contributed by atoms with Crippen LogP contribution in [-0.4, -0.2) is 36.0 Å². The van der Waals surface area contributed by atoms with Gasteiger partial charge >= 0.3 is 0 Å². The molecule has 1 amide bonds. The molecule has 1 fully saturated rings. The van der Waals surface area contributed by atoms with Gasteiger partial charge in [-0.2, -0.15) is 0 Å². The first-order valence-electron chi connectivity index (χ1n) is 4.78. The number of aryl methyl sites for hydroxylation is 1. The molecular formula is C8H11N3O3S2. The van der Waals surface area contributed by atoms with Crippen LogP contribution in [0.1, 0.15) is 11.4 Å². The van der Waals surface area contributed by atoms with Crippen LogP contribution in [-0.2, 0) is 14.6 Å². The summed E-state index contributed by atoms with van der Waals surface area (Å²) in [6, 6.07) is 0. The van der Waals surface area contributed by atoms with Crippen molar-refractivity contribution in [2.45, 2.75) is 13.3 Å². The normalized spacial score (nSPS) is 23.2. The van der Waals surface area contributed by atoms with Crippen LogP contribution < -0.4 is 5.32 Å². The van der Waals surface area contributed by atoms with E-state index in [1.165, 1.54) is 11.3 Å². The van der Waals surface area contributed by atoms with Gasteiger partial charge in [-0.25, -0.2) is 8.42 Å². The van der Waals surface area contributed by atoms with E-state index >= 15 is 0 Å². The Kier molecular flexibility index (Phi) is 2.94. The molecule has 0 unspecified atom stereocenters. The minimum absolute atomic E-state index is 0.0589. The summed E-state index contributed by atoms with van der Waals surface area (Å²) in [5.41, 5.74) is 0. The first-order valence-corrected chi connectivity index (χ1v) is 7.41. The van der Waals surface area contributed by atoms with Gasteiger partial charge in [0.1, 0.15) is 5.01 Å². The van der Waals surface area contributed by atoms with E-state index in [0.717, 1.165) is 5.01 Å². The highest BCUT2D eigenvalue weighted by molar-refractivity contribution is 7.91. The molecule has 0 spiro atoms. The second-order valence-electron chi connectivity index (χ2n) is 3.72. The van der Waals surface area contributed by atoms with Gasteiger partial charge in [0.15, 0.2) is 9.84 Å². The number of sulfone groups is 1. The van der Waals surface area contributed by atoms with Crippen molar-refractivity contribution < 1.29 is 13.2 Å². The molecule has 1 aliphatic heterocycles. The third kappa shape index (κ3) is 2.56. The van der Waals surface area contributed by atoms with Crippen LogP contribution >= 0.6 is 11.3 Å². The predicted octanol–water partition coefficient (Wildman–Crippen LogP) is 0.220. The maximum Gasteiger partial charge on any atom is 0.230 e. The Morgan fingerprint density at radius 3 is 2.75 bits per heavy atom. The molecule has 0 aromatic carbocycles. The number of carbonyl (C=O) groups is 1. The van der Waals surface area contributed by atoms with E-state index in [1.54, 1.807) is 6.92 Å². The summed E-state index contributed by atoms with van der Waals surface area (Å²) < 4.78 is 22.4. The third-order valence-electron chi connectivity index (χ3n) is 2.36. The summed E-state index contributed by atoms with van der Waals surface area (Å²) in [6.45, 7) is 1.79. The Balaban J connectivity index is 1.99. The van der Waals surface area contributed by atoms with Gasteiger partial charge in [0.25, 0.3) is 0 Å². The van der Waals surface area contributed by atoms with E-state index in [2.05, 4.69) is 15.5 Å². The van der Waals surface area contributed by atoms with E-state index in [9.17, 15) is 13.2 Å². The summed E-state index contributed by atoms with van der Waals surface area (Å²) in [5, 5.41) is 11.3. The molecule has 1 atom stereocenters. The second kappa shape index (κ2) is 4.10. The molecule has 1 aliphatic rings. The van der Waals surface area contributed by atoms with Crippen LogP contribution in [0, 0.1) is 12.8 Å². The van der Waals surface area contributed by atoms with Crippen molar-refractivity contribution in [3.05, 3.63) is 5.01 Å². The molecule has 88 valence electrons. The average Bonchev–Trinajstić information content (AvgIpc) is 2.72. The lowest BCUT2D eigenvalue weighted by Gasteiger charge is -2.05. The van der Waals surface area contributed by atoms with Gasteiger partial charge in [0.05, 0.1) is 17.4 Å². The highest BCUT2D eigenvalue weighted by atomic mass is 32.2. The van der Waals surface area contributed by atoms with Crippen LogP contribution in [0.15, 0.2) is 0 Å². The molecule has 8 heteroatoms. The Bertz CT molecular complexity index is 508. The largest absolute Gasteiger partial charge is 0.300 e. The molecular weight excluding hydrogens is 250 g/mol. The van der Waals surface area contributed by atoms with Crippen LogP contribution in [0.3, 0.4) is 0 Å². The van der Waals surface area contributed by atoms with Crippen molar-refractivity contribution in [1.82, 2.24) is 10.2 Å². The van der Waals surface area contributed by atoms with E-state index in [1.807, 2.05) is 0 Å². The smallest absolute Gasteiger partial charge is 0.230 e. The van der Waals surface area contributed by atoms with Gasteiger partial charge in [0, 0.05) is 0 Å². The van der Waals surface area contributed by atoms with Crippen molar-refractivity contribution >= 4 is 32.2 Å². The molecule has 1 saturated heterocycles. The number of amides is 1. The van der Waals surface area contributed by atoms with E-state index < -0.39 is 15.8 Å². The summed E-state index contributed by atoms with van der Waals surface area (Å²) in [6.07, 6.45) is 0.395. The van der Waals surface area contributed by atoms with Gasteiger partial charge < -0.3 is 5.32 Å². The van der Waals surface area contributed by atoms with Gasteiger partial charge in [-0.05, 0) is 13.3 Å². The SMILES string of the molecule is Cc1nnc(NC(=O)[C@H]2CCS(=O)(=O)C2)s1. The zero-order valence-electron chi connectivity index (χ0n) is 8.63. The highest BCUT2D eigenvalue weighted by Gasteiger charge is 2.33. The van der Waals surface area contributed by atoms with E-state index in [-0.39, 0.29) is 17.4 Å². The van der Waals surface area contributed by atoms with Crippen molar-refractivity contribution in [3.8, 4) is 0 Å². The fraction of sp³-hybridized carbons (Fsp3) is 0.625. The lowest BCUT2D eigenvalue weighted by Crippen LogP contribution is -2.23. The number of carbonyl (C=O) groups excluding carboxylic acids is 1. The van der Waals surface area contributed by atoms with Crippen LogP contribution in [0.4, 0.5) is 5.13 Å². The summed E-state index contributed by atoms with van der Waals surface area (Å²) in [7, 11) is -3.02. The van der Waals surface area contributed by atoms with Gasteiger partial charge in [-0.3, -0.25) is 4.79 Å². The molecule has 6 nitrogen and oxygen atoms in total. The monoisotopic (exact) mass is 261 g/mol. The third-order valence-corrected chi connectivity index (χ3v) is 4.88. The number of anilines is 1. The maximum absolute atomic E-state index is 11.7. The first kappa shape index (κ1) is 11.5. The van der Waals surface area contributed by atoms with Crippen LogP contribution in [0.25, 0.3) is 0 Å². The first-order chi connectivity index (χ1) is 7.46. The molecule has 0 saturated carbocycles. The molecule has 2 heterocycles. The summed E-state index contributed by atoms with van der Waals surface area (Å²) >= 11 is 1.27. The maximum atomic E-state index is 11.7. The molecule has 16 heavy (non-hydrogen) atoms.